The van der Waals surface area contributed by atoms with Crippen molar-refractivity contribution >= 4 is 11.6 Å². The van der Waals surface area contributed by atoms with Crippen molar-refractivity contribution in [3.8, 4) is 0 Å². The fraction of sp³-hybridized carbons (Fsp3) is 0.733. The second-order valence-electron chi connectivity index (χ2n) is 6.29. The minimum Gasteiger partial charge on any atom is -0.370 e. The van der Waals surface area contributed by atoms with Gasteiger partial charge in [0.1, 0.15) is 18.0 Å². The first kappa shape index (κ1) is 14.1. The van der Waals surface area contributed by atoms with Gasteiger partial charge in [-0.2, -0.15) is 0 Å². The van der Waals surface area contributed by atoms with Crippen LogP contribution < -0.4 is 10.2 Å². The van der Waals surface area contributed by atoms with Gasteiger partial charge >= 0.3 is 0 Å². The quantitative estimate of drug-likeness (QED) is 0.904. The van der Waals surface area contributed by atoms with Crippen LogP contribution in [0.2, 0.25) is 0 Å². The second kappa shape index (κ2) is 5.76. The van der Waals surface area contributed by atoms with Crippen LogP contribution in [0.5, 0.6) is 0 Å². The number of aromatic nitrogens is 2. The third-order valence-corrected chi connectivity index (χ3v) is 3.80. The molecule has 1 aliphatic heterocycles. The van der Waals surface area contributed by atoms with Crippen LogP contribution in [-0.2, 0) is 0 Å². The Morgan fingerprint density at radius 3 is 2.84 bits per heavy atom. The van der Waals surface area contributed by atoms with Crippen LogP contribution in [0.1, 0.15) is 45.6 Å². The Balaban J connectivity index is 2.19. The molecule has 1 fully saturated rings. The van der Waals surface area contributed by atoms with Crippen LogP contribution in [0.15, 0.2) is 6.33 Å². The highest BCUT2D eigenvalue weighted by Gasteiger charge is 2.28. The van der Waals surface area contributed by atoms with E-state index in [9.17, 15) is 0 Å². The van der Waals surface area contributed by atoms with E-state index in [1.165, 1.54) is 18.4 Å². The van der Waals surface area contributed by atoms with Crippen LogP contribution in [-0.4, -0.2) is 29.6 Å². The van der Waals surface area contributed by atoms with Crippen molar-refractivity contribution in [2.75, 3.05) is 29.9 Å². The average molecular weight is 262 g/mol. The minimum atomic E-state index is 0.382. The van der Waals surface area contributed by atoms with Gasteiger partial charge in [0.15, 0.2) is 0 Å². The lowest BCUT2D eigenvalue weighted by molar-refractivity contribution is 0.292. The molecule has 1 aliphatic rings. The smallest absolute Gasteiger partial charge is 0.137 e. The third kappa shape index (κ3) is 3.37. The largest absolute Gasteiger partial charge is 0.370 e. The van der Waals surface area contributed by atoms with Gasteiger partial charge in [-0.15, -0.1) is 0 Å². The molecule has 0 unspecified atom stereocenters. The van der Waals surface area contributed by atoms with Crippen LogP contribution in [0.3, 0.4) is 0 Å². The summed E-state index contributed by atoms with van der Waals surface area (Å²) in [4.78, 5) is 11.3. The zero-order valence-electron chi connectivity index (χ0n) is 12.7. The Labute approximate surface area is 116 Å². The molecule has 1 aromatic heterocycles. The topological polar surface area (TPSA) is 41.1 Å². The Morgan fingerprint density at radius 1 is 1.37 bits per heavy atom. The van der Waals surface area contributed by atoms with E-state index >= 15 is 0 Å². The van der Waals surface area contributed by atoms with Crippen molar-refractivity contribution in [3.05, 3.63) is 11.9 Å². The lowest BCUT2D eigenvalue weighted by Crippen LogP contribution is -2.41. The van der Waals surface area contributed by atoms with Crippen molar-refractivity contribution in [2.45, 2.75) is 47.0 Å². The van der Waals surface area contributed by atoms with E-state index in [1.807, 2.05) is 0 Å². The number of rotatable bonds is 4. The molecule has 0 spiro atoms. The third-order valence-electron chi connectivity index (χ3n) is 3.80. The van der Waals surface area contributed by atoms with Crippen molar-refractivity contribution < 1.29 is 0 Å². The molecular formula is C15H26N4. The van der Waals surface area contributed by atoms with Gasteiger partial charge < -0.3 is 10.2 Å². The summed E-state index contributed by atoms with van der Waals surface area (Å²) in [7, 11) is 0. The highest BCUT2D eigenvalue weighted by Crippen LogP contribution is 2.32. The summed E-state index contributed by atoms with van der Waals surface area (Å²) in [5.41, 5.74) is 1.56. The fourth-order valence-corrected chi connectivity index (χ4v) is 2.79. The molecular weight excluding hydrogens is 236 g/mol. The zero-order chi connectivity index (χ0) is 13.9. The predicted octanol–water partition coefficient (Wildman–Crippen LogP) is 3.23. The van der Waals surface area contributed by atoms with Gasteiger partial charge in [0.25, 0.3) is 0 Å². The summed E-state index contributed by atoms with van der Waals surface area (Å²) in [6.45, 7) is 12.1. The molecule has 1 saturated heterocycles. The molecule has 0 bridgehead atoms. The van der Waals surface area contributed by atoms with E-state index < -0.39 is 0 Å². The molecule has 0 amide bonds. The number of hydrogen-bond donors (Lipinski definition) is 1. The maximum atomic E-state index is 4.51. The molecule has 0 saturated carbocycles. The monoisotopic (exact) mass is 262 g/mol. The standard InChI is InChI=1S/C15H26N4/c1-5-8-16-13-12(2)14(18-11-17-13)19-9-6-7-15(3,4)10-19/h11H,5-10H2,1-4H3,(H,16,17,18). The second-order valence-corrected chi connectivity index (χ2v) is 6.29. The van der Waals surface area contributed by atoms with Gasteiger partial charge in [0.05, 0.1) is 0 Å². The van der Waals surface area contributed by atoms with Crippen LogP contribution in [0.25, 0.3) is 0 Å². The number of piperidine rings is 1. The number of nitrogens with zero attached hydrogens (tertiary/aromatic N) is 3. The molecule has 1 aromatic rings. The molecule has 4 heteroatoms. The van der Waals surface area contributed by atoms with E-state index in [0.29, 0.717) is 5.41 Å². The zero-order valence-corrected chi connectivity index (χ0v) is 12.7. The first-order chi connectivity index (χ1) is 9.03. The minimum absolute atomic E-state index is 0.382. The fourth-order valence-electron chi connectivity index (χ4n) is 2.79. The number of nitrogens with one attached hydrogen (secondary N) is 1. The number of hydrogen-bond acceptors (Lipinski definition) is 4. The lowest BCUT2D eigenvalue weighted by atomic mass is 9.84. The molecule has 2 heterocycles. The molecule has 0 aromatic carbocycles. The first-order valence-corrected chi connectivity index (χ1v) is 7.34. The van der Waals surface area contributed by atoms with E-state index in [0.717, 1.165) is 37.7 Å². The van der Waals surface area contributed by atoms with E-state index in [1.54, 1.807) is 6.33 Å². The van der Waals surface area contributed by atoms with Crippen LogP contribution >= 0.6 is 0 Å². The summed E-state index contributed by atoms with van der Waals surface area (Å²) in [5.74, 6) is 2.08. The summed E-state index contributed by atoms with van der Waals surface area (Å²) in [6.07, 6.45) is 5.33. The summed E-state index contributed by atoms with van der Waals surface area (Å²) in [5, 5.41) is 3.39. The molecule has 0 atom stereocenters. The summed E-state index contributed by atoms with van der Waals surface area (Å²) in [6, 6.07) is 0. The van der Waals surface area contributed by atoms with Gasteiger partial charge in [0.2, 0.25) is 0 Å². The molecule has 0 aliphatic carbocycles. The summed E-state index contributed by atoms with van der Waals surface area (Å²) >= 11 is 0. The van der Waals surface area contributed by atoms with Crippen LogP contribution in [0.4, 0.5) is 11.6 Å². The molecule has 106 valence electrons. The molecule has 4 nitrogen and oxygen atoms in total. The predicted molar refractivity (Wildman–Crippen MR) is 80.8 cm³/mol. The molecule has 0 radical (unpaired) electrons. The van der Waals surface area contributed by atoms with E-state index in [-0.39, 0.29) is 0 Å². The maximum Gasteiger partial charge on any atom is 0.137 e. The van der Waals surface area contributed by atoms with Crippen LogP contribution in [0, 0.1) is 12.3 Å². The normalized spacial score (nSPS) is 18.4. The average Bonchev–Trinajstić information content (AvgIpc) is 2.36. The van der Waals surface area contributed by atoms with Gasteiger partial charge in [0, 0.05) is 25.2 Å². The summed E-state index contributed by atoms with van der Waals surface area (Å²) < 4.78 is 0. The Hall–Kier alpha value is -1.32. The lowest BCUT2D eigenvalue weighted by Gasteiger charge is -2.39. The molecule has 2 rings (SSSR count). The highest BCUT2D eigenvalue weighted by atomic mass is 15.2. The first-order valence-electron chi connectivity index (χ1n) is 7.34. The van der Waals surface area contributed by atoms with Crippen molar-refractivity contribution in [2.24, 2.45) is 5.41 Å². The van der Waals surface area contributed by atoms with Gasteiger partial charge in [-0.25, -0.2) is 9.97 Å². The highest BCUT2D eigenvalue weighted by molar-refractivity contribution is 5.58. The van der Waals surface area contributed by atoms with Crippen molar-refractivity contribution in [3.63, 3.8) is 0 Å². The Morgan fingerprint density at radius 2 is 2.16 bits per heavy atom. The van der Waals surface area contributed by atoms with Crippen molar-refractivity contribution in [1.82, 2.24) is 9.97 Å². The Kier molecular flexibility index (Phi) is 4.27. The van der Waals surface area contributed by atoms with Gasteiger partial charge in [-0.1, -0.05) is 20.8 Å². The van der Waals surface area contributed by atoms with Gasteiger partial charge in [-0.05, 0) is 31.6 Å². The molecule has 1 N–H and O–H groups in total. The van der Waals surface area contributed by atoms with Gasteiger partial charge in [-0.3, -0.25) is 0 Å². The van der Waals surface area contributed by atoms with E-state index in [4.69, 9.17) is 0 Å². The SMILES string of the molecule is CCCNc1ncnc(N2CCCC(C)(C)C2)c1C. The number of anilines is 2. The van der Waals surface area contributed by atoms with Crippen molar-refractivity contribution in [1.29, 1.82) is 0 Å². The maximum absolute atomic E-state index is 4.51. The van der Waals surface area contributed by atoms with E-state index in [2.05, 4.69) is 47.9 Å². The Bertz CT molecular complexity index is 428. The molecule has 19 heavy (non-hydrogen) atoms.